The summed E-state index contributed by atoms with van der Waals surface area (Å²) < 4.78 is 10.8. The molecule has 0 aliphatic heterocycles. The van der Waals surface area contributed by atoms with Gasteiger partial charge in [0.15, 0.2) is 0 Å². The zero-order valence-corrected chi connectivity index (χ0v) is 13.2. The summed E-state index contributed by atoms with van der Waals surface area (Å²) in [7, 11) is 0. The van der Waals surface area contributed by atoms with Crippen molar-refractivity contribution in [1.29, 1.82) is 0 Å². The molecule has 112 valence electrons. The van der Waals surface area contributed by atoms with Crippen LogP contribution in [0.15, 0.2) is 12.3 Å². The van der Waals surface area contributed by atoms with Crippen LogP contribution >= 0.6 is 11.6 Å². The SMILES string of the molecule is Cc1c(OC[C@H](C)NC(=O)OC(C)(C)C)ccnc1Cl. The Kier molecular flexibility index (Phi) is 5.62. The van der Waals surface area contributed by atoms with Crippen molar-refractivity contribution in [2.45, 2.75) is 46.3 Å². The molecular weight excluding hydrogens is 280 g/mol. The zero-order valence-electron chi connectivity index (χ0n) is 12.5. The van der Waals surface area contributed by atoms with Crippen LogP contribution < -0.4 is 10.1 Å². The summed E-state index contributed by atoms with van der Waals surface area (Å²) in [5, 5.41) is 3.12. The molecule has 1 heterocycles. The van der Waals surface area contributed by atoms with Crippen molar-refractivity contribution in [3.05, 3.63) is 23.0 Å². The first-order valence-electron chi connectivity index (χ1n) is 6.42. The van der Waals surface area contributed by atoms with Crippen LogP contribution in [0.1, 0.15) is 33.3 Å². The minimum atomic E-state index is -0.514. The van der Waals surface area contributed by atoms with Crippen LogP contribution in [0.4, 0.5) is 4.79 Å². The lowest BCUT2D eigenvalue weighted by Gasteiger charge is -2.22. The number of ether oxygens (including phenoxy) is 2. The van der Waals surface area contributed by atoms with Gasteiger partial charge in [-0.1, -0.05) is 11.6 Å². The zero-order chi connectivity index (χ0) is 15.3. The van der Waals surface area contributed by atoms with Crippen LogP contribution in [0, 0.1) is 6.92 Å². The van der Waals surface area contributed by atoms with Gasteiger partial charge in [-0.05, 0) is 40.7 Å². The first-order chi connectivity index (χ1) is 9.19. The van der Waals surface area contributed by atoms with Crippen LogP contribution in [-0.2, 0) is 4.74 Å². The van der Waals surface area contributed by atoms with Gasteiger partial charge in [0.25, 0.3) is 0 Å². The number of aromatic nitrogens is 1. The Balaban J connectivity index is 2.46. The number of alkyl carbamates (subject to hydrolysis) is 1. The molecule has 5 nitrogen and oxygen atoms in total. The van der Waals surface area contributed by atoms with Gasteiger partial charge in [-0.2, -0.15) is 0 Å². The Labute approximate surface area is 124 Å². The van der Waals surface area contributed by atoms with E-state index in [1.54, 1.807) is 12.3 Å². The number of hydrogen-bond donors (Lipinski definition) is 1. The number of amides is 1. The van der Waals surface area contributed by atoms with E-state index in [0.29, 0.717) is 17.5 Å². The molecule has 1 N–H and O–H groups in total. The molecule has 0 saturated carbocycles. The van der Waals surface area contributed by atoms with Gasteiger partial charge in [-0.3, -0.25) is 0 Å². The fourth-order valence-electron chi connectivity index (χ4n) is 1.42. The third-order valence-electron chi connectivity index (χ3n) is 2.34. The number of carbonyl (C=O) groups excluding carboxylic acids is 1. The summed E-state index contributed by atoms with van der Waals surface area (Å²) in [5.74, 6) is 0.655. The van der Waals surface area contributed by atoms with Gasteiger partial charge in [0.2, 0.25) is 0 Å². The third-order valence-corrected chi connectivity index (χ3v) is 2.73. The summed E-state index contributed by atoms with van der Waals surface area (Å²) in [6, 6.07) is 1.55. The average Bonchev–Trinajstić information content (AvgIpc) is 2.28. The molecule has 1 rings (SSSR count). The molecule has 0 unspecified atom stereocenters. The fourth-order valence-corrected chi connectivity index (χ4v) is 1.56. The molecule has 1 aromatic rings. The Morgan fingerprint density at radius 1 is 1.50 bits per heavy atom. The van der Waals surface area contributed by atoms with E-state index >= 15 is 0 Å². The predicted octanol–water partition coefficient (Wildman–Crippen LogP) is 3.34. The van der Waals surface area contributed by atoms with Crippen molar-refractivity contribution < 1.29 is 14.3 Å². The highest BCUT2D eigenvalue weighted by Gasteiger charge is 2.18. The number of halogens is 1. The van der Waals surface area contributed by atoms with Gasteiger partial charge in [-0.25, -0.2) is 9.78 Å². The van der Waals surface area contributed by atoms with Crippen molar-refractivity contribution in [3.8, 4) is 5.75 Å². The normalized spacial score (nSPS) is 12.7. The molecule has 1 amide bonds. The van der Waals surface area contributed by atoms with Gasteiger partial charge in [0, 0.05) is 11.8 Å². The van der Waals surface area contributed by atoms with Gasteiger partial charge < -0.3 is 14.8 Å². The van der Waals surface area contributed by atoms with Gasteiger partial charge in [0.05, 0.1) is 6.04 Å². The van der Waals surface area contributed by atoms with Crippen molar-refractivity contribution in [3.63, 3.8) is 0 Å². The van der Waals surface area contributed by atoms with E-state index in [-0.39, 0.29) is 6.04 Å². The second-order valence-corrected chi connectivity index (χ2v) is 5.94. The summed E-state index contributed by atoms with van der Waals surface area (Å²) >= 11 is 5.91. The molecule has 1 aromatic heterocycles. The summed E-state index contributed by atoms with van der Waals surface area (Å²) in [6.45, 7) is 9.43. The van der Waals surface area contributed by atoms with Crippen LogP contribution in [0.25, 0.3) is 0 Å². The lowest BCUT2D eigenvalue weighted by Crippen LogP contribution is -2.40. The molecule has 0 aliphatic carbocycles. The second-order valence-electron chi connectivity index (χ2n) is 5.58. The number of nitrogens with zero attached hydrogens (tertiary/aromatic N) is 1. The Hall–Kier alpha value is -1.49. The highest BCUT2D eigenvalue weighted by Crippen LogP contribution is 2.22. The van der Waals surface area contributed by atoms with Crippen molar-refractivity contribution >= 4 is 17.7 Å². The molecule has 0 bridgehead atoms. The minimum Gasteiger partial charge on any atom is -0.491 e. The van der Waals surface area contributed by atoms with Crippen LogP contribution in [0.2, 0.25) is 5.15 Å². The summed E-state index contributed by atoms with van der Waals surface area (Å²) in [4.78, 5) is 15.5. The predicted molar refractivity (Wildman–Crippen MR) is 78.3 cm³/mol. The van der Waals surface area contributed by atoms with E-state index in [9.17, 15) is 4.79 Å². The lowest BCUT2D eigenvalue weighted by atomic mass is 10.2. The topological polar surface area (TPSA) is 60.5 Å². The third kappa shape index (κ3) is 5.65. The molecule has 0 spiro atoms. The number of rotatable bonds is 4. The van der Waals surface area contributed by atoms with E-state index in [0.717, 1.165) is 5.56 Å². The Morgan fingerprint density at radius 3 is 2.75 bits per heavy atom. The van der Waals surface area contributed by atoms with Crippen molar-refractivity contribution in [2.75, 3.05) is 6.61 Å². The maximum Gasteiger partial charge on any atom is 0.407 e. The van der Waals surface area contributed by atoms with E-state index in [1.807, 2.05) is 34.6 Å². The largest absolute Gasteiger partial charge is 0.491 e. The molecule has 0 radical (unpaired) electrons. The molecule has 0 saturated heterocycles. The van der Waals surface area contributed by atoms with Crippen LogP contribution in [0.5, 0.6) is 5.75 Å². The molecule has 1 atom stereocenters. The number of nitrogens with one attached hydrogen (secondary N) is 1. The molecule has 0 aromatic carbocycles. The molecule has 20 heavy (non-hydrogen) atoms. The van der Waals surface area contributed by atoms with E-state index < -0.39 is 11.7 Å². The molecule has 0 aliphatic rings. The van der Waals surface area contributed by atoms with Crippen LogP contribution in [-0.4, -0.2) is 29.3 Å². The quantitative estimate of drug-likeness (QED) is 0.866. The Morgan fingerprint density at radius 2 is 2.15 bits per heavy atom. The number of pyridine rings is 1. The van der Waals surface area contributed by atoms with Crippen LogP contribution in [0.3, 0.4) is 0 Å². The highest BCUT2D eigenvalue weighted by atomic mass is 35.5. The highest BCUT2D eigenvalue weighted by molar-refractivity contribution is 6.30. The van der Waals surface area contributed by atoms with Gasteiger partial charge in [-0.15, -0.1) is 0 Å². The number of hydrogen-bond acceptors (Lipinski definition) is 4. The monoisotopic (exact) mass is 300 g/mol. The van der Waals surface area contributed by atoms with E-state index in [1.165, 1.54) is 0 Å². The first kappa shape index (κ1) is 16.6. The molecule has 0 fully saturated rings. The maximum absolute atomic E-state index is 11.6. The average molecular weight is 301 g/mol. The van der Waals surface area contributed by atoms with Crippen molar-refractivity contribution in [1.82, 2.24) is 10.3 Å². The molecule has 6 heteroatoms. The van der Waals surface area contributed by atoms with Gasteiger partial charge in [0.1, 0.15) is 23.1 Å². The second kappa shape index (κ2) is 6.79. The van der Waals surface area contributed by atoms with E-state index in [4.69, 9.17) is 21.1 Å². The standard InChI is InChI=1S/C14H21ClN2O3/c1-9(17-13(18)20-14(3,4)5)8-19-11-6-7-16-12(15)10(11)2/h6-7,9H,8H2,1-5H3,(H,17,18)/t9-/m0/s1. The fraction of sp³-hybridized carbons (Fsp3) is 0.571. The van der Waals surface area contributed by atoms with E-state index in [2.05, 4.69) is 10.3 Å². The minimum absolute atomic E-state index is 0.184. The van der Waals surface area contributed by atoms with Crippen molar-refractivity contribution in [2.24, 2.45) is 0 Å². The van der Waals surface area contributed by atoms with Gasteiger partial charge >= 0.3 is 6.09 Å². The Bertz CT molecular complexity index is 472. The lowest BCUT2D eigenvalue weighted by molar-refractivity contribution is 0.0494. The maximum atomic E-state index is 11.6. The number of carbonyl (C=O) groups is 1. The summed E-state index contributed by atoms with van der Waals surface area (Å²) in [6.07, 6.45) is 1.12. The smallest absolute Gasteiger partial charge is 0.407 e. The first-order valence-corrected chi connectivity index (χ1v) is 6.80. The molecular formula is C14H21ClN2O3. The summed E-state index contributed by atoms with van der Waals surface area (Å²) in [5.41, 5.74) is 0.262.